The highest BCUT2D eigenvalue weighted by atomic mass is 16.6. The third-order valence-electron chi connectivity index (χ3n) is 6.35. The molecule has 0 spiro atoms. The number of benzene rings is 3. The lowest BCUT2D eigenvalue weighted by Crippen LogP contribution is -2.29. The van der Waals surface area contributed by atoms with E-state index in [9.17, 15) is 50.1 Å². The van der Waals surface area contributed by atoms with Gasteiger partial charge in [0.25, 0.3) is 0 Å². The lowest BCUT2D eigenvalue weighted by Gasteiger charge is -2.13. The van der Waals surface area contributed by atoms with E-state index in [4.69, 9.17) is 21.3 Å². The SMILES string of the molecule is NCCCCC(N)C(=O)O.O=C(/C=C\c1ccc(O)c(O)c1/C=C/c1ccc(O)c(O)c1)O[C@@H](Cc1ccc(O)c(O)c1)C(=O)O. The van der Waals surface area contributed by atoms with Crippen LogP contribution in [0.3, 0.4) is 0 Å². The van der Waals surface area contributed by atoms with E-state index in [0.29, 0.717) is 24.1 Å². The minimum atomic E-state index is -1.58. The number of rotatable bonds is 13. The van der Waals surface area contributed by atoms with Crippen molar-refractivity contribution in [3.63, 3.8) is 0 Å². The maximum Gasteiger partial charge on any atom is 0.345 e. The second-order valence-electron chi connectivity index (χ2n) is 9.87. The number of phenols is 6. The van der Waals surface area contributed by atoms with Gasteiger partial charge in [-0.15, -0.1) is 0 Å². The fourth-order valence-electron chi connectivity index (χ4n) is 3.82. The van der Waals surface area contributed by atoms with Crippen LogP contribution in [0.2, 0.25) is 0 Å². The number of unbranched alkanes of at least 4 members (excludes halogenated alkanes) is 1. The molecule has 0 aliphatic carbocycles. The van der Waals surface area contributed by atoms with Crippen LogP contribution in [-0.4, -0.2) is 77.5 Å². The van der Waals surface area contributed by atoms with Crippen molar-refractivity contribution >= 4 is 36.1 Å². The molecule has 2 atom stereocenters. The van der Waals surface area contributed by atoms with E-state index in [1.165, 1.54) is 60.7 Å². The van der Waals surface area contributed by atoms with Crippen LogP contribution in [0.1, 0.15) is 41.5 Å². The molecule has 1 unspecified atom stereocenters. The summed E-state index contributed by atoms with van der Waals surface area (Å²) >= 11 is 0. The smallest absolute Gasteiger partial charge is 0.345 e. The molecule has 0 bridgehead atoms. The summed E-state index contributed by atoms with van der Waals surface area (Å²) in [6, 6.07) is 9.63. The van der Waals surface area contributed by atoms with E-state index < -0.39 is 47.3 Å². The third kappa shape index (κ3) is 11.4. The van der Waals surface area contributed by atoms with Gasteiger partial charge >= 0.3 is 17.9 Å². The van der Waals surface area contributed by atoms with E-state index in [1.807, 2.05) is 0 Å². The Hall–Kier alpha value is -5.73. The summed E-state index contributed by atoms with van der Waals surface area (Å²) < 4.78 is 5.00. The standard InChI is InChI=1S/C26H22O10.C6H14N2O2/c27-18-7-2-14(11-21(18)30)1-6-17-16(4-9-20(29)25(17)33)5-10-24(32)36-23(26(34)35)13-15-3-8-19(28)22(31)12-15;7-4-2-1-3-5(8)6(9)10/h1-12,23,27-31,33H,13H2,(H,34,35);5H,1-4,7-8H2,(H,9,10)/b6-1+,10-5-;/t23-;/m0./s1. The first kappa shape index (κ1) is 36.5. The lowest BCUT2D eigenvalue weighted by molar-refractivity contribution is -0.160. The Morgan fingerprint density at radius 1 is 0.739 bits per heavy atom. The molecular weight excluding hydrogens is 604 g/mol. The summed E-state index contributed by atoms with van der Waals surface area (Å²) in [6.45, 7) is 0.604. The zero-order chi connectivity index (χ0) is 34.4. The number of carbonyl (C=O) groups excluding carboxylic acids is 1. The van der Waals surface area contributed by atoms with Crippen LogP contribution in [0.25, 0.3) is 18.2 Å². The van der Waals surface area contributed by atoms with Gasteiger partial charge < -0.3 is 57.1 Å². The number of aliphatic carboxylic acids is 2. The molecule has 0 fully saturated rings. The molecule has 0 amide bonds. The zero-order valence-corrected chi connectivity index (χ0v) is 24.5. The van der Waals surface area contributed by atoms with Gasteiger partial charge in [-0.2, -0.15) is 0 Å². The van der Waals surface area contributed by atoms with E-state index in [1.54, 1.807) is 0 Å². The van der Waals surface area contributed by atoms with Crippen molar-refractivity contribution in [3.05, 3.63) is 76.9 Å². The summed E-state index contributed by atoms with van der Waals surface area (Å²) in [4.78, 5) is 34.0. The monoisotopic (exact) mass is 640 g/mol. The summed E-state index contributed by atoms with van der Waals surface area (Å²) in [7, 11) is 0. The molecule has 3 rings (SSSR count). The van der Waals surface area contributed by atoms with Crippen molar-refractivity contribution < 1.29 is 60.0 Å². The van der Waals surface area contributed by atoms with E-state index in [-0.39, 0.29) is 34.8 Å². The van der Waals surface area contributed by atoms with E-state index in [2.05, 4.69) is 0 Å². The average Bonchev–Trinajstić information content (AvgIpc) is 3.00. The minimum absolute atomic E-state index is 0.112. The number of carbonyl (C=O) groups is 3. The first-order valence-electron chi connectivity index (χ1n) is 13.8. The number of aromatic hydroxyl groups is 6. The Morgan fingerprint density at radius 3 is 1.96 bits per heavy atom. The number of carboxylic acids is 2. The van der Waals surface area contributed by atoms with E-state index in [0.717, 1.165) is 25.0 Å². The Morgan fingerprint density at radius 2 is 1.37 bits per heavy atom. The van der Waals surface area contributed by atoms with Gasteiger partial charge in [-0.05, 0) is 78.6 Å². The number of nitrogens with two attached hydrogens (primary N) is 2. The lowest BCUT2D eigenvalue weighted by atomic mass is 10.0. The Kier molecular flexibility index (Phi) is 13.9. The van der Waals surface area contributed by atoms with E-state index >= 15 is 0 Å². The maximum absolute atomic E-state index is 12.3. The summed E-state index contributed by atoms with van der Waals surface area (Å²) in [5, 5.41) is 75.9. The topological polar surface area (TPSA) is 274 Å². The van der Waals surface area contributed by atoms with Gasteiger partial charge in [-0.25, -0.2) is 9.59 Å². The highest BCUT2D eigenvalue weighted by Crippen LogP contribution is 2.34. The number of ether oxygens (including phenoxy) is 1. The predicted molar refractivity (Wildman–Crippen MR) is 167 cm³/mol. The molecule has 0 heterocycles. The Bertz CT molecular complexity index is 1590. The molecule has 12 N–H and O–H groups in total. The Labute approximate surface area is 263 Å². The largest absolute Gasteiger partial charge is 0.504 e. The second kappa shape index (κ2) is 17.5. The summed E-state index contributed by atoms with van der Waals surface area (Å²) in [5.41, 5.74) is 11.6. The van der Waals surface area contributed by atoms with Crippen LogP contribution in [0, 0.1) is 0 Å². The molecule has 3 aromatic rings. The minimum Gasteiger partial charge on any atom is -0.504 e. The van der Waals surface area contributed by atoms with Crippen LogP contribution >= 0.6 is 0 Å². The van der Waals surface area contributed by atoms with Gasteiger partial charge in [0.15, 0.2) is 34.5 Å². The number of hydrogen-bond donors (Lipinski definition) is 10. The van der Waals surface area contributed by atoms with Gasteiger partial charge in [0.05, 0.1) is 0 Å². The number of esters is 1. The molecule has 14 nitrogen and oxygen atoms in total. The molecule has 0 aliphatic rings. The first-order chi connectivity index (χ1) is 21.7. The van der Waals surface area contributed by atoms with Crippen LogP contribution < -0.4 is 11.5 Å². The normalized spacial score (nSPS) is 12.3. The fraction of sp³-hybridized carbons (Fsp3) is 0.219. The molecule has 0 aliphatic heterocycles. The molecule has 3 aromatic carbocycles. The molecule has 46 heavy (non-hydrogen) atoms. The highest BCUT2D eigenvalue weighted by Gasteiger charge is 2.22. The van der Waals surface area contributed by atoms with Crippen molar-refractivity contribution in [2.24, 2.45) is 11.5 Å². The average molecular weight is 641 g/mol. The maximum atomic E-state index is 12.3. The van der Waals surface area contributed by atoms with Crippen molar-refractivity contribution in [2.75, 3.05) is 6.54 Å². The van der Waals surface area contributed by atoms with Gasteiger partial charge in [-0.3, -0.25) is 4.79 Å². The van der Waals surface area contributed by atoms with Gasteiger partial charge in [0.1, 0.15) is 6.04 Å². The summed E-state index contributed by atoms with van der Waals surface area (Å²) in [5.74, 6) is -5.76. The van der Waals surface area contributed by atoms with Crippen LogP contribution in [-0.2, 0) is 25.5 Å². The van der Waals surface area contributed by atoms with Crippen molar-refractivity contribution in [3.8, 4) is 34.5 Å². The molecule has 14 heteroatoms. The van der Waals surface area contributed by atoms with Crippen molar-refractivity contribution in [2.45, 2.75) is 37.8 Å². The highest BCUT2D eigenvalue weighted by molar-refractivity contribution is 5.91. The molecule has 0 saturated heterocycles. The van der Waals surface area contributed by atoms with Crippen molar-refractivity contribution in [1.29, 1.82) is 0 Å². The Balaban J connectivity index is 0.000000634. The van der Waals surface area contributed by atoms with Gasteiger partial charge in [0.2, 0.25) is 6.10 Å². The molecule has 0 aromatic heterocycles. The van der Waals surface area contributed by atoms with Gasteiger partial charge in [-0.1, -0.05) is 30.7 Å². The fourth-order valence-corrected chi connectivity index (χ4v) is 3.82. The van der Waals surface area contributed by atoms with Crippen LogP contribution in [0.4, 0.5) is 0 Å². The predicted octanol–water partition coefficient (Wildman–Crippen LogP) is 2.87. The molecule has 246 valence electrons. The molecule has 0 saturated carbocycles. The zero-order valence-electron chi connectivity index (χ0n) is 24.5. The van der Waals surface area contributed by atoms with Crippen LogP contribution in [0.15, 0.2) is 54.6 Å². The summed E-state index contributed by atoms with van der Waals surface area (Å²) in [6.07, 6.45) is 5.40. The molecule has 0 radical (unpaired) electrons. The van der Waals surface area contributed by atoms with Gasteiger partial charge in [0, 0.05) is 18.1 Å². The quantitative estimate of drug-likeness (QED) is 0.0423. The number of carboxylic acid groups (broad SMARTS) is 2. The first-order valence-corrected chi connectivity index (χ1v) is 13.8. The van der Waals surface area contributed by atoms with Crippen LogP contribution in [0.5, 0.6) is 34.5 Å². The second-order valence-corrected chi connectivity index (χ2v) is 9.87. The third-order valence-corrected chi connectivity index (χ3v) is 6.35. The number of phenolic OH excluding ortho intramolecular Hbond substituents is 6. The number of hydrogen-bond acceptors (Lipinski definition) is 12. The van der Waals surface area contributed by atoms with Crippen molar-refractivity contribution in [1.82, 2.24) is 0 Å². The molecular formula is C32H36N2O12.